The first-order valence-corrected chi connectivity index (χ1v) is 9.64. The summed E-state index contributed by atoms with van der Waals surface area (Å²) >= 11 is 0. The van der Waals surface area contributed by atoms with Crippen molar-refractivity contribution < 1.29 is 29.0 Å². The van der Waals surface area contributed by atoms with Crippen molar-refractivity contribution in [3.05, 3.63) is 29.8 Å². The number of carbonyl (C=O) groups is 3. The maximum atomic E-state index is 12.2. The molecule has 0 bridgehead atoms. The van der Waals surface area contributed by atoms with Gasteiger partial charge in [-0.2, -0.15) is 0 Å². The third-order valence-electron chi connectivity index (χ3n) is 5.26. The Morgan fingerprint density at radius 3 is 2.57 bits per heavy atom. The molecule has 28 heavy (non-hydrogen) atoms. The zero-order valence-corrected chi connectivity index (χ0v) is 15.7. The molecule has 3 N–H and O–H groups in total. The van der Waals surface area contributed by atoms with Crippen LogP contribution in [0.1, 0.15) is 31.2 Å². The average molecular weight is 390 g/mol. The predicted molar refractivity (Wildman–Crippen MR) is 99.6 cm³/mol. The van der Waals surface area contributed by atoms with Crippen LogP contribution in [0.5, 0.6) is 5.75 Å². The number of amides is 2. The number of ether oxygens (including phenoxy) is 2. The molecule has 1 heterocycles. The molecule has 1 saturated carbocycles. The van der Waals surface area contributed by atoms with E-state index < -0.39 is 17.8 Å². The number of benzene rings is 1. The van der Waals surface area contributed by atoms with Crippen molar-refractivity contribution in [2.24, 2.45) is 11.8 Å². The Kier molecular flexibility index (Phi) is 6.86. The fraction of sp³-hybridized carbons (Fsp3) is 0.550. The first kappa shape index (κ1) is 20.1. The van der Waals surface area contributed by atoms with E-state index in [1.54, 1.807) is 18.2 Å². The molecule has 152 valence electrons. The minimum Gasteiger partial charge on any atom is -0.483 e. The number of nitrogens with one attached hydrogen (secondary N) is 2. The van der Waals surface area contributed by atoms with Gasteiger partial charge in [0, 0.05) is 25.3 Å². The van der Waals surface area contributed by atoms with Gasteiger partial charge >= 0.3 is 5.97 Å². The van der Waals surface area contributed by atoms with Crippen LogP contribution in [-0.4, -0.2) is 48.8 Å². The Hall–Kier alpha value is -2.61. The van der Waals surface area contributed by atoms with E-state index in [0.29, 0.717) is 25.1 Å². The van der Waals surface area contributed by atoms with Gasteiger partial charge in [-0.15, -0.1) is 0 Å². The number of carboxylic acids is 1. The number of carboxylic acid groups (broad SMARTS) is 1. The molecule has 3 atom stereocenters. The first-order valence-electron chi connectivity index (χ1n) is 9.64. The van der Waals surface area contributed by atoms with Crippen molar-refractivity contribution in [1.29, 1.82) is 0 Å². The molecule has 8 nitrogen and oxygen atoms in total. The molecule has 0 aromatic heterocycles. The lowest BCUT2D eigenvalue weighted by atomic mass is 9.73. The van der Waals surface area contributed by atoms with E-state index >= 15 is 0 Å². The van der Waals surface area contributed by atoms with E-state index in [4.69, 9.17) is 14.6 Å². The van der Waals surface area contributed by atoms with Crippen LogP contribution >= 0.6 is 0 Å². The molecule has 2 fully saturated rings. The summed E-state index contributed by atoms with van der Waals surface area (Å²) < 4.78 is 11.1. The minimum absolute atomic E-state index is 0.0765. The van der Waals surface area contributed by atoms with Gasteiger partial charge in [0.2, 0.25) is 5.91 Å². The maximum absolute atomic E-state index is 12.2. The zero-order chi connectivity index (χ0) is 19.9. The summed E-state index contributed by atoms with van der Waals surface area (Å²) in [6, 6.07) is 7.14. The predicted octanol–water partition coefficient (Wildman–Crippen LogP) is 1.09. The van der Waals surface area contributed by atoms with Crippen molar-refractivity contribution in [2.45, 2.75) is 38.3 Å². The van der Waals surface area contributed by atoms with Crippen LogP contribution in [0, 0.1) is 11.8 Å². The average Bonchev–Trinajstić information content (AvgIpc) is 3.16. The Bertz CT molecular complexity index is 716. The van der Waals surface area contributed by atoms with Crippen LogP contribution in [0.15, 0.2) is 24.3 Å². The smallest absolute Gasteiger partial charge is 0.307 e. The number of rotatable bonds is 9. The lowest BCUT2D eigenvalue weighted by Crippen LogP contribution is -2.43. The summed E-state index contributed by atoms with van der Waals surface area (Å²) in [5.74, 6) is -1.98. The highest BCUT2D eigenvalue weighted by Gasteiger charge is 2.41. The molecule has 2 amide bonds. The highest BCUT2D eigenvalue weighted by molar-refractivity contribution is 5.86. The maximum Gasteiger partial charge on any atom is 0.307 e. The van der Waals surface area contributed by atoms with E-state index in [2.05, 4.69) is 10.6 Å². The van der Waals surface area contributed by atoms with E-state index in [1.807, 2.05) is 6.07 Å². The molecule has 1 aliphatic carbocycles. The Labute approximate surface area is 163 Å². The van der Waals surface area contributed by atoms with E-state index in [9.17, 15) is 14.4 Å². The summed E-state index contributed by atoms with van der Waals surface area (Å²) in [5.41, 5.74) is 0.731. The number of para-hydroxylation sites is 1. The van der Waals surface area contributed by atoms with Crippen molar-refractivity contribution in [3.8, 4) is 5.75 Å². The van der Waals surface area contributed by atoms with E-state index in [0.717, 1.165) is 25.0 Å². The van der Waals surface area contributed by atoms with Gasteiger partial charge in [-0.1, -0.05) is 18.2 Å². The molecule has 3 rings (SSSR count). The second kappa shape index (κ2) is 9.54. The SMILES string of the molecule is O=C(COc1ccccc1CNC(=O)C1CCC1C(=O)O)NCC1CCCO1. The van der Waals surface area contributed by atoms with Gasteiger partial charge in [-0.05, 0) is 31.7 Å². The normalized spacial score (nSPS) is 23.5. The molecule has 1 aromatic rings. The second-order valence-electron chi connectivity index (χ2n) is 7.18. The van der Waals surface area contributed by atoms with Crippen molar-refractivity contribution in [1.82, 2.24) is 10.6 Å². The lowest BCUT2D eigenvalue weighted by Gasteiger charge is -2.32. The van der Waals surface area contributed by atoms with Crippen molar-refractivity contribution in [3.63, 3.8) is 0 Å². The van der Waals surface area contributed by atoms with Crippen molar-refractivity contribution in [2.75, 3.05) is 19.8 Å². The molecule has 1 saturated heterocycles. The van der Waals surface area contributed by atoms with Crippen LogP contribution in [0.25, 0.3) is 0 Å². The van der Waals surface area contributed by atoms with E-state index in [1.165, 1.54) is 0 Å². The molecule has 1 aliphatic heterocycles. The second-order valence-corrected chi connectivity index (χ2v) is 7.18. The summed E-state index contributed by atoms with van der Waals surface area (Å²) in [5, 5.41) is 14.6. The summed E-state index contributed by atoms with van der Waals surface area (Å²) in [7, 11) is 0. The van der Waals surface area contributed by atoms with Crippen LogP contribution in [-0.2, 0) is 25.7 Å². The molecular formula is C20H26N2O6. The Morgan fingerprint density at radius 1 is 1.11 bits per heavy atom. The fourth-order valence-electron chi connectivity index (χ4n) is 3.44. The lowest BCUT2D eigenvalue weighted by molar-refractivity contribution is -0.152. The number of hydrogen-bond donors (Lipinski definition) is 3. The molecule has 2 aliphatic rings. The highest BCUT2D eigenvalue weighted by atomic mass is 16.5. The molecule has 1 aromatic carbocycles. The number of carbonyl (C=O) groups excluding carboxylic acids is 2. The van der Waals surface area contributed by atoms with Gasteiger partial charge in [0.15, 0.2) is 6.61 Å². The first-order chi connectivity index (χ1) is 13.5. The largest absolute Gasteiger partial charge is 0.483 e. The Balaban J connectivity index is 1.45. The van der Waals surface area contributed by atoms with Gasteiger partial charge in [0.25, 0.3) is 5.91 Å². The van der Waals surface area contributed by atoms with Gasteiger partial charge in [0.05, 0.1) is 17.9 Å². The van der Waals surface area contributed by atoms with E-state index in [-0.39, 0.29) is 31.1 Å². The topological polar surface area (TPSA) is 114 Å². The Morgan fingerprint density at radius 2 is 1.89 bits per heavy atom. The third kappa shape index (κ3) is 5.22. The van der Waals surface area contributed by atoms with Gasteiger partial charge in [0.1, 0.15) is 5.75 Å². The zero-order valence-electron chi connectivity index (χ0n) is 15.7. The highest BCUT2D eigenvalue weighted by Crippen LogP contribution is 2.34. The standard InChI is InChI=1S/C20H26N2O6/c23-18(21-11-14-5-3-9-27-14)12-28-17-6-2-1-4-13(17)10-22-19(24)15-7-8-16(15)20(25)26/h1-2,4,6,14-16H,3,5,7-12H2,(H,21,23)(H,22,24)(H,25,26). The van der Waals surface area contributed by atoms with Crippen LogP contribution in [0.2, 0.25) is 0 Å². The number of hydrogen-bond acceptors (Lipinski definition) is 5. The van der Waals surface area contributed by atoms with Gasteiger partial charge < -0.3 is 25.2 Å². The third-order valence-corrected chi connectivity index (χ3v) is 5.26. The summed E-state index contributed by atoms with van der Waals surface area (Å²) in [4.78, 5) is 35.2. The minimum atomic E-state index is -0.927. The van der Waals surface area contributed by atoms with Crippen LogP contribution in [0.3, 0.4) is 0 Å². The molecule has 0 spiro atoms. The van der Waals surface area contributed by atoms with Crippen LogP contribution in [0.4, 0.5) is 0 Å². The van der Waals surface area contributed by atoms with Crippen molar-refractivity contribution >= 4 is 17.8 Å². The fourth-order valence-corrected chi connectivity index (χ4v) is 3.44. The van der Waals surface area contributed by atoms with Gasteiger partial charge in [-0.3, -0.25) is 14.4 Å². The quantitative estimate of drug-likeness (QED) is 0.582. The number of aliphatic carboxylic acids is 1. The molecule has 0 radical (unpaired) electrons. The van der Waals surface area contributed by atoms with Gasteiger partial charge in [-0.25, -0.2) is 0 Å². The summed E-state index contributed by atoms with van der Waals surface area (Å²) in [6.45, 7) is 1.31. The van der Waals surface area contributed by atoms with Crippen LogP contribution < -0.4 is 15.4 Å². The summed E-state index contributed by atoms with van der Waals surface area (Å²) in [6.07, 6.45) is 3.17. The monoisotopic (exact) mass is 390 g/mol. The molecular weight excluding hydrogens is 364 g/mol. The molecule has 8 heteroatoms. The molecule has 3 unspecified atom stereocenters.